The monoisotopic (exact) mass is 279 g/mol. The Labute approximate surface area is 120 Å². The SMILES string of the molecule is Cc1cc(C)c(C(=O)N[C@@](C)(CO)C2CCCCC2)o1. The summed E-state index contributed by atoms with van der Waals surface area (Å²) in [6, 6.07) is 1.85. The zero-order valence-electron chi connectivity index (χ0n) is 12.7. The molecular weight excluding hydrogens is 254 g/mol. The highest BCUT2D eigenvalue weighted by Crippen LogP contribution is 2.32. The molecule has 0 radical (unpaired) electrons. The lowest BCUT2D eigenvalue weighted by Crippen LogP contribution is -2.54. The molecule has 1 aliphatic carbocycles. The summed E-state index contributed by atoms with van der Waals surface area (Å²) in [5, 5.41) is 12.8. The van der Waals surface area contributed by atoms with Gasteiger partial charge in [-0.1, -0.05) is 19.3 Å². The Morgan fingerprint density at radius 1 is 1.40 bits per heavy atom. The molecule has 20 heavy (non-hydrogen) atoms. The highest BCUT2D eigenvalue weighted by atomic mass is 16.3. The fourth-order valence-electron chi connectivity index (χ4n) is 3.19. The van der Waals surface area contributed by atoms with Crippen LogP contribution in [-0.2, 0) is 0 Å². The second-order valence-corrected chi connectivity index (χ2v) is 6.23. The minimum atomic E-state index is -0.565. The zero-order valence-corrected chi connectivity index (χ0v) is 12.7. The Balaban J connectivity index is 2.12. The number of furan rings is 1. The number of carbonyl (C=O) groups is 1. The summed E-state index contributed by atoms with van der Waals surface area (Å²) in [7, 11) is 0. The van der Waals surface area contributed by atoms with Crippen LogP contribution >= 0.6 is 0 Å². The highest BCUT2D eigenvalue weighted by molar-refractivity contribution is 5.93. The summed E-state index contributed by atoms with van der Waals surface area (Å²) in [4.78, 5) is 12.4. The molecule has 1 aromatic rings. The van der Waals surface area contributed by atoms with Crippen LogP contribution in [0.3, 0.4) is 0 Å². The van der Waals surface area contributed by atoms with E-state index in [1.807, 2.05) is 26.8 Å². The van der Waals surface area contributed by atoms with E-state index in [4.69, 9.17) is 4.42 Å². The minimum Gasteiger partial charge on any atom is -0.456 e. The summed E-state index contributed by atoms with van der Waals surface area (Å²) >= 11 is 0. The Morgan fingerprint density at radius 3 is 2.55 bits per heavy atom. The molecular formula is C16H25NO3. The number of rotatable bonds is 4. The molecule has 2 rings (SSSR count). The quantitative estimate of drug-likeness (QED) is 0.890. The Hall–Kier alpha value is -1.29. The van der Waals surface area contributed by atoms with Gasteiger partial charge in [-0.3, -0.25) is 4.79 Å². The molecule has 1 aliphatic rings. The van der Waals surface area contributed by atoms with Crippen molar-refractivity contribution in [2.45, 2.75) is 58.4 Å². The van der Waals surface area contributed by atoms with Crippen LogP contribution in [0.2, 0.25) is 0 Å². The van der Waals surface area contributed by atoms with E-state index in [9.17, 15) is 9.90 Å². The molecule has 112 valence electrons. The topological polar surface area (TPSA) is 62.5 Å². The first-order chi connectivity index (χ1) is 9.46. The second kappa shape index (κ2) is 6.00. The average Bonchev–Trinajstić information content (AvgIpc) is 2.78. The van der Waals surface area contributed by atoms with Crippen LogP contribution in [-0.4, -0.2) is 23.2 Å². The lowest BCUT2D eigenvalue weighted by molar-refractivity contribution is 0.0655. The van der Waals surface area contributed by atoms with Crippen LogP contribution in [0.15, 0.2) is 10.5 Å². The molecule has 1 amide bonds. The van der Waals surface area contributed by atoms with Gasteiger partial charge < -0.3 is 14.8 Å². The van der Waals surface area contributed by atoms with Gasteiger partial charge in [0, 0.05) is 5.56 Å². The van der Waals surface area contributed by atoms with Crippen LogP contribution in [0.1, 0.15) is 60.9 Å². The standard InChI is InChI=1S/C16H25NO3/c1-11-9-12(2)20-14(11)15(19)17-16(3,10-18)13-7-5-4-6-8-13/h9,13,18H,4-8,10H2,1-3H3,(H,17,19)/t16-/m0/s1. The number of aliphatic hydroxyl groups is 1. The van der Waals surface area contributed by atoms with E-state index in [0.717, 1.165) is 24.2 Å². The lowest BCUT2D eigenvalue weighted by atomic mass is 9.76. The van der Waals surface area contributed by atoms with Crippen molar-refractivity contribution in [3.63, 3.8) is 0 Å². The van der Waals surface area contributed by atoms with Crippen LogP contribution in [0.4, 0.5) is 0 Å². The van der Waals surface area contributed by atoms with Gasteiger partial charge in [0.05, 0.1) is 12.1 Å². The van der Waals surface area contributed by atoms with Crippen molar-refractivity contribution >= 4 is 5.91 Å². The van der Waals surface area contributed by atoms with Crippen molar-refractivity contribution in [2.24, 2.45) is 5.92 Å². The molecule has 0 aromatic carbocycles. The molecule has 1 fully saturated rings. The van der Waals surface area contributed by atoms with Crippen LogP contribution in [0.5, 0.6) is 0 Å². The first-order valence-corrected chi connectivity index (χ1v) is 7.46. The number of carbonyl (C=O) groups excluding carboxylic acids is 1. The highest BCUT2D eigenvalue weighted by Gasteiger charge is 2.36. The summed E-state index contributed by atoms with van der Waals surface area (Å²) in [5.74, 6) is 1.20. The third-order valence-electron chi connectivity index (χ3n) is 4.48. The van der Waals surface area contributed by atoms with Gasteiger partial charge in [-0.05, 0) is 45.6 Å². The number of nitrogens with one attached hydrogen (secondary N) is 1. The number of aryl methyl sites for hydroxylation is 2. The van der Waals surface area contributed by atoms with E-state index in [-0.39, 0.29) is 12.5 Å². The van der Waals surface area contributed by atoms with Gasteiger partial charge in [-0.2, -0.15) is 0 Å². The smallest absolute Gasteiger partial charge is 0.287 e. The van der Waals surface area contributed by atoms with E-state index in [0.29, 0.717) is 11.7 Å². The summed E-state index contributed by atoms with van der Waals surface area (Å²) in [6.07, 6.45) is 5.73. The van der Waals surface area contributed by atoms with Gasteiger partial charge in [0.25, 0.3) is 5.91 Å². The van der Waals surface area contributed by atoms with Gasteiger partial charge in [0.1, 0.15) is 5.76 Å². The van der Waals surface area contributed by atoms with Crippen LogP contribution in [0, 0.1) is 19.8 Å². The first-order valence-electron chi connectivity index (χ1n) is 7.46. The van der Waals surface area contributed by atoms with Crippen molar-refractivity contribution in [1.82, 2.24) is 5.32 Å². The Kier molecular flexibility index (Phi) is 4.53. The third kappa shape index (κ3) is 3.06. The molecule has 0 aliphatic heterocycles. The molecule has 1 aromatic heterocycles. The number of amides is 1. The summed E-state index contributed by atoms with van der Waals surface area (Å²) in [6.45, 7) is 5.59. The zero-order chi connectivity index (χ0) is 14.8. The van der Waals surface area contributed by atoms with Gasteiger partial charge in [0.15, 0.2) is 5.76 Å². The second-order valence-electron chi connectivity index (χ2n) is 6.23. The van der Waals surface area contributed by atoms with Crippen molar-refractivity contribution in [3.8, 4) is 0 Å². The minimum absolute atomic E-state index is 0.0395. The van der Waals surface area contributed by atoms with Crippen molar-refractivity contribution < 1.29 is 14.3 Å². The van der Waals surface area contributed by atoms with E-state index in [1.54, 1.807) is 0 Å². The maximum Gasteiger partial charge on any atom is 0.287 e. The normalized spacial score (nSPS) is 19.6. The Morgan fingerprint density at radius 2 is 2.05 bits per heavy atom. The molecule has 4 nitrogen and oxygen atoms in total. The molecule has 1 atom stereocenters. The maximum atomic E-state index is 12.4. The fraction of sp³-hybridized carbons (Fsp3) is 0.688. The molecule has 4 heteroatoms. The van der Waals surface area contributed by atoms with Crippen LogP contribution in [0.25, 0.3) is 0 Å². The van der Waals surface area contributed by atoms with E-state index < -0.39 is 5.54 Å². The van der Waals surface area contributed by atoms with Gasteiger partial charge in [-0.25, -0.2) is 0 Å². The average molecular weight is 279 g/mol. The molecule has 0 spiro atoms. The van der Waals surface area contributed by atoms with Crippen LogP contribution < -0.4 is 5.32 Å². The molecule has 0 unspecified atom stereocenters. The molecule has 1 heterocycles. The van der Waals surface area contributed by atoms with Crippen molar-refractivity contribution in [2.75, 3.05) is 6.61 Å². The molecule has 2 N–H and O–H groups in total. The predicted octanol–water partition coefficient (Wildman–Crippen LogP) is 2.96. The Bertz CT molecular complexity index is 474. The summed E-state index contributed by atoms with van der Waals surface area (Å²) in [5.41, 5.74) is 0.272. The number of hydrogen-bond donors (Lipinski definition) is 2. The molecule has 0 bridgehead atoms. The van der Waals surface area contributed by atoms with E-state index in [1.165, 1.54) is 19.3 Å². The van der Waals surface area contributed by atoms with Crippen molar-refractivity contribution in [1.29, 1.82) is 0 Å². The van der Waals surface area contributed by atoms with E-state index >= 15 is 0 Å². The largest absolute Gasteiger partial charge is 0.456 e. The number of aliphatic hydroxyl groups excluding tert-OH is 1. The third-order valence-corrected chi connectivity index (χ3v) is 4.48. The maximum absolute atomic E-state index is 12.4. The number of hydrogen-bond acceptors (Lipinski definition) is 3. The molecule has 1 saturated carbocycles. The van der Waals surface area contributed by atoms with Gasteiger partial charge in [0.2, 0.25) is 0 Å². The van der Waals surface area contributed by atoms with E-state index in [2.05, 4.69) is 5.32 Å². The first kappa shape index (κ1) is 15.1. The lowest BCUT2D eigenvalue weighted by Gasteiger charge is -2.39. The summed E-state index contributed by atoms with van der Waals surface area (Å²) < 4.78 is 5.46. The van der Waals surface area contributed by atoms with Gasteiger partial charge in [-0.15, -0.1) is 0 Å². The molecule has 0 saturated heterocycles. The predicted molar refractivity (Wildman–Crippen MR) is 77.7 cm³/mol. The van der Waals surface area contributed by atoms with Gasteiger partial charge >= 0.3 is 0 Å². The van der Waals surface area contributed by atoms with Crippen molar-refractivity contribution in [3.05, 3.63) is 23.2 Å². The fourth-order valence-corrected chi connectivity index (χ4v) is 3.19.